The first-order valence-electron chi connectivity index (χ1n) is 6.76. The van der Waals surface area contributed by atoms with Gasteiger partial charge in [0.1, 0.15) is 11.2 Å². The SMILES string of the molecule is CC(C)C[C@H](NC(=O)OC(C)(C)C)C(=O)C(C)(O)CO. The first-order chi connectivity index (χ1) is 8.89. The third-order valence-electron chi connectivity index (χ3n) is 2.55. The van der Waals surface area contributed by atoms with Crippen LogP contribution in [0, 0.1) is 5.92 Å². The predicted octanol–water partition coefficient (Wildman–Crippen LogP) is 1.24. The molecule has 0 bridgehead atoms. The molecule has 6 heteroatoms. The maximum Gasteiger partial charge on any atom is 0.408 e. The number of ketones is 1. The minimum atomic E-state index is -1.88. The Morgan fingerprint density at radius 1 is 1.20 bits per heavy atom. The summed E-state index contributed by atoms with van der Waals surface area (Å²) in [6.07, 6.45) is -0.362. The lowest BCUT2D eigenvalue weighted by Gasteiger charge is -2.28. The second-order valence-corrected chi connectivity index (χ2v) is 6.62. The van der Waals surface area contributed by atoms with E-state index in [2.05, 4.69) is 5.32 Å². The van der Waals surface area contributed by atoms with Crippen LogP contribution in [0.15, 0.2) is 0 Å². The van der Waals surface area contributed by atoms with E-state index in [-0.39, 0.29) is 5.92 Å². The third kappa shape index (κ3) is 6.86. The summed E-state index contributed by atoms with van der Waals surface area (Å²) in [7, 11) is 0. The number of carbonyl (C=O) groups is 2. The standard InChI is InChI=1S/C14H27NO5/c1-9(2)7-10(11(17)14(6,19)8-16)15-12(18)20-13(3,4)5/h9-10,16,19H,7-8H2,1-6H3,(H,15,18)/t10-,14?/m0/s1. The molecule has 6 nitrogen and oxygen atoms in total. The van der Waals surface area contributed by atoms with Crippen molar-refractivity contribution in [2.45, 2.75) is 65.2 Å². The van der Waals surface area contributed by atoms with Crippen molar-refractivity contribution in [1.29, 1.82) is 0 Å². The normalized spacial score (nSPS) is 16.4. The number of aliphatic hydroxyl groups is 2. The van der Waals surface area contributed by atoms with Gasteiger partial charge in [0.05, 0.1) is 12.6 Å². The number of aliphatic hydroxyl groups excluding tert-OH is 1. The Morgan fingerprint density at radius 2 is 1.70 bits per heavy atom. The monoisotopic (exact) mass is 289 g/mol. The van der Waals surface area contributed by atoms with Crippen LogP contribution in [0.3, 0.4) is 0 Å². The topological polar surface area (TPSA) is 95.9 Å². The van der Waals surface area contributed by atoms with Crippen LogP contribution < -0.4 is 5.32 Å². The quantitative estimate of drug-likeness (QED) is 0.683. The molecule has 0 aliphatic heterocycles. The fourth-order valence-electron chi connectivity index (χ4n) is 1.61. The molecule has 0 aromatic rings. The van der Waals surface area contributed by atoms with E-state index in [4.69, 9.17) is 9.84 Å². The van der Waals surface area contributed by atoms with Gasteiger partial charge in [-0.15, -0.1) is 0 Å². The zero-order valence-electron chi connectivity index (χ0n) is 13.2. The number of ether oxygens (including phenoxy) is 1. The molecule has 1 unspecified atom stereocenters. The van der Waals surface area contributed by atoms with Crippen molar-refractivity contribution >= 4 is 11.9 Å². The average molecular weight is 289 g/mol. The average Bonchev–Trinajstić information content (AvgIpc) is 2.23. The number of carbonyl (C=O) groups excluding carboxylic acids is 2. The van der Waals surface area contributed by atoms with Gasteiger partial charge in [-0.25, -0.2) is 4.79 Å². The lowest BCUT2D eigenvalue weighted by molar-refractivity contribution is -0.142. The third-order valence-corrected chi connectivity index (χ3v) is 2.55. The van der Waals surface area contributed by atoms with Gasteiger partial charge in [0.2, 0.25) is 0 Å². The molecular formula is C14H27NO5. The minimum absolute atomic E-state index is 0.133. The van der Waals surface area contributed by atoms with Crippen LogP contribution in [-0.2, 0) is 9.53 Å². The van der Waals surface area contributed by atoms with Crippen LogP contribution in [0.2, 0.25) is 0 Å². The van der Waals surface area contributed by atoms with Crippen molar-refractivity contribution in [2.75, 3.05) is 6.61 Å². The molecule has 0 saturated carbocycles. The number of amides is 1. The van der Waals surface area contributed by atoms with Gasteiger partial charge < -0.3 is 20.3 Å². The number of Topliss-reactive ketones (excluding diaryl/α,β-unsaturated/α-hetero) is 1. The Labute approximate surface area is 120 Å². The molecule has 3 N–H and O–H groups in total. The van der Waals surface area contributed by atoms with Gasteiger partial charge in [0.25, 0.3) is 0 Å². The molecule has 0 rings (SSSR count). The summed E-state index contributed by atoms with van der Waals surface area (Å²) < 4.78 is 5.10. The van der Waals surface area contributed by atoms with E-state index < -0.39 is 35.7 Å². The van der Waals surface area contributed by atoms with Crippen LogP contribution in [0.5, 0.6) is 0 Å². The van der Waals surface area contributed by atoms with Gasteiger partial charge in [-0.05, 0) is 40.0 Å². The Balaban J connectivity index is 4.91. The molecule has 0 fully saturated rings. The summed E-state index contributed by atoms with van der Waals surface area (Å²) in [4.78, 5) is 23.9. The minimum Gasteiger partial charge on any atom is -0.444 e. The summed E-state index contributed by atoms with van der Waals surface area (Å²) in [6.45, 7) is 9.46. The molecule has 0 aliphatic rings. The van der Waals surface area contributed by atoms with Crippen LogP contribution in [0.25, 0.3) is 0 Å². The molecule has 1 amide bonds. The molecule has 0 radical (unpaired) electrons. The zero-order valence-corrected chi connectivity index (χ0v) is 13.2. The first kappa shape index (κ1) is 18.9. The maximum absolute atomic E-state index is 12.2. The summed E-state index contributed by atoms with van der Waals surface area (Å²) in [5, 5.41) is 21.3. The molecule has 0 saturated heterocycles. The molecular weight excluding hydrogens is 262 g/mol. The molecule has 2 atom stereocenters. The molecule has 118 valence electrons. The fourth-order valence-corrected chi connectivity index (χ4v) is 1.61. The Morgan fingerprint density at radius 3 is 2.05 bits per heavy atom. The lowest BCUT2D eigenvalue weighted by atomic mass is 9.90. The number of hydrogen-bond acceptors (Lipinski definition) is 5. The van der Waals surface area contributed by atoms with Gasteiger partial charge in [-0.2, -0.15) is 0 Å². The van der Waals surface area contributed by atoms with Gasteiger partial charge in [-0.1, -0.05) is 13.8 Å². The number of hydrogen-bond donors (Lipinski definition) is 3. The Hall–Kier alpha value is -1.14. The van der Waals surface area contributed by atoms with Gasteiger partial charge in [0.15, 0.2) is 5.78 Å². The Bertz CT molecular complexity index is 344. The van der Waals surface area contributed by atoms with E-state index in [1.54, 1.807) is 20.8 Å². The largest absolute Gasteiger partial charge is 0.444 e. The fraction of sp³-hybridized carbons (Fsp3) is 0.857. The molecule has 0 heterocycles. The van der Waals surface area contributed by atoms with E-state index in [1.807, 2.05) is 13.8 Å². The van der Waals surface area contributed by atoms with E-state index in [9.17, 15) is 14.7 Å². The van der Waals surface area contributed by atoms with E-state index in [0.717, 1.165) is 0 Å². The molecule has 0 spiro atoms. The number of rotatable bonds is 6. The van der Waals surface area contributed by atoms with Crippen molar-refractivity contribution < 1.29 is 24.5 Å². The molecule has 0 aromatic heterocycles. The van der Waals surface area contributed by atoms with Crippen LogP contribution in [-0.4, -0.2) is 45.9 Å². The smallest absolute Gasteiger partial charge is 0.408 e. The lowest BCUT2D eigenvalue weighted by Crippen LogP contribution is -2.53. The number of nitrogens with one attached hydrogen (secondary N) is 1. The summed E-state index contributed by atoms with van der Waals surface area (Å²) in [5.41, 5.74) is -2.55. The highest BCUT2D eigenvalue weighted by Gasteiger charge is 2.37. The zero-order chi connectivity index (χ0) is 16.1. The van der Waals surface area contributed by atoms with Crippen LogP contribution in [0.4, 0.5) is 4.79 Å². The van der Waals surface area contributed by atoms with E-state index >= 15 is 0 Å². The highest BCUT2D eigenvalue weighted by Crippen LogP contribution is 2.15. The van der Waals surface area contributed by atoms with E-state index in [1.165, 1.54) is 6.92 Å². The van der Waals surface area contributed by atoms with Gasteiger partial charge in [0, 0.05) is 0 Å². The predicted molar refractivity (Wildman–Crippen MR) is 75.3 cm³/mol. The summed E-state index contributed by atoms with van der Waals surface area (Å²) >= 11 is 0. The second kappa shape index (κ2) is 7.04. The van der Waals surface area contributed by atoms with Gasteiger partial charge >= 0.3 is 6.09 Å². The van der Waals surface area contributed by atoms with Crippen molar-refractivity contribution in [1.82, 2.24) is 5.32 Å². The highest BCUT2D eigenvalue weighted by atomic mass is 16.6. The Kier molecular flexibility index (Phi) is 6.64. The summed E-state index contributed by atoms with van der Waals surface area (Å²) in [5.74, 6) is -0.493. The van der Waals surface area contributed by atoms with Crippen molar-refractivity contribution in [3.8, 4) is 0 Å². The molecule has 0 aromatic carbocycles. The van der Waals surface area contributed by atoms with Crippen molar-refractivity contribution in [3.05, 3.63) is 0 Å². The molecule has 0 aliphatic carbocycles. The van der Waals surface area contributed by atoms with Crippen molar-refractivity contribution in [3.63, 3.8) is 0 Å². The van der Waals surface area contributed by atoms with Gasteiger partial charge in [-0.3, -0.25) is 4.79 Å². The second-order valence-electron chi connectivity index (χ2n) is 6.62. The molecule has 20 heavy (non-hydrogen) atoms. The first-order valence-corrected chi connectivity index (χ1v) is 6.76. The highest BCUT2D eigenvalue weighted by molar-refractivity contribution is 5.93. The van der Waals surface area contributed by atoms with Crippen LogP contribution >= 0.6 is 0 Å². The van der Waals surface area contributed by atoms with Crippen molar-refractivity contribution in [2.24, 2.45) is 5.92 Å². The maximum atomic E-state index is 12.2. The number of alkyl carbamates (subject to hydrolysis) is 1. The van der Waals surface area contributed by atoms with Crippen LogP contribution in [0.1, 0.15) is 48.0 Å². The summed E-state index contributed by atoms with van der Waals surface area (Å²) in [6, 6.07) is -0.896. The van der Waals surface area contributed by atoms with E-state index in [0.29, 0.717) is 6.42 Å².